The number of hydrogen-bond donors (Lipinski definition) is 1. The second-order valence-electron chi connectivity index (χ2n) is 4.87. The topological polar surface area (TPSA) is 46.9 Å². The van der Waals surface area contributed by atoms with Gasteiger partial charge in [-0.05, 0) is 55.2 Å². The first kappa shape index (κ1) is 13.7. The molecule has 18 heavy (non-hydrogen) atoms. The highest BCUT2D eigenvalue weighted by Crippen LogP contribution is 2.37. The average Bonchev–Trinajstić information content (AvgIpc) is 2.79. The molecule has 0 aliphatic carbocycles. The Morgan fingerprint density at radius 3 is 2.72 bits per heavy atom. The van der Waals surface area contributed by atoms with Gasteiger partial charge in [-0.25, -0.2) is 0 Å². The molecule has 0 unspecified atom stereocenters. The monoisotopic (exact) mass is 313 g/mol. The van der Waals surface area contributed by atoms with Gasteiger partial charge in [0.25, 0.3) is 0 Å². The van der Waals surface area contributed by atoms with Crippen LogP contribution in [0, 0.1) is 5.41 Å². The second kappa shape index (κ2) is 5.53. The lowest BCUT2D eigenvalue weighted by Gasteiger charge is -2.35. The fraction of sp³-hybridized carbons (Fsp3) is 0.692. The van der Waals surface area contributed by atoms with Crippen molar-refractivity contribution in [1.29, 1.82) is 0 Å². The first-order chi connectivity index (χ1) is 8.64. The molecule has 0 aromatic carbocycles. The van der Waals surface area contributed by atoms with Crippen LogP contribution in [-0.4, -0.2) is 28.7 Å². The van der Waals surface area contributed by atoms with Gasteiger partial charge < -0.3 is 5.32 Å². The standard InChI is InChI=1S/C13H20BrN3O/c1-3-13(5-7-15-8-6-13)12(18)11-10(14)9-16-17(11)4-2/h9,15H,3-8H2,1-2H3. The lowest BCUT2D eigenvalue weighted by atomic mass is 9.72. The first-order valence-corrected chi connectivity index (χ1v) is 7.40. The first-order valence-electron chi connectivity index (χ1n) is 6.61. The van der Waals surface area contributed by atoms with E-state index in [2.05, 4.69) is 33.3 Å². The zero-order valence-electron chi connectivity index (χ0n) is 11.0. The van der Waals surface area contributed by atoms with Gasteiger partial charge >= 0.3 is 0 Å². The number of aromatic nitrogens is 2. The van der Waals surface area contributed by atoms with Crippen molar-refractivity contribution >= 4 is 21.7 Å². The number of halogens is 1. The van der Waals surface area contributed by atoms with E-state index in [0.29, 0.717) is 0 Å². The summed E-state index contributed by atoms with van der Waals surface area (Å²) in [5.41, 5.74) is 0.530. The van der Waals surface area contributed by atoms with E-state index in [4.69, 9.17) is 0 Å². The van der Waals surface area contributed by atoms with Gasteiger partial charge in [0.2, 0.25) is 0 Å². The molecule has 1 fully saturated rings. The molecule has 1 aromatic rings. The number of nitrogens with one attached hydrogen (secondary N) is 1. The summed E-state index contributed by atoms with van der Waals surface area (Å²) < 4.78 is 2.62. The van der Waals surface area contributed by atoms with Crippen molar-refractivity contribution in [2.24, 2.45) is 5.41 Å². The Hall–Kier alpha value is -0.680. The zero-order valence-corrected chi connectivity index (χ0v) is 12.6. The van der Waals surface area contributed by atoms with Crippen molar-refractivity contribution in [3.05, 3.63) is 16.4 Å². The molecule has 2 heterocycles. The van der Waals surface area contributed by atoms with E-state index in [1.807, 2.05) is 6.92 Å². The average molecular weight is 314 g/mol. The number of aryl methyl sites for hydroxylation is 1. The Morgan fingerprint density at radius 2 is 2.17 bits per heavy atom. The number of nitrogens with zero attached hydrogens (tertiary/aromatic N) is 2. The van der Waals surface area contributed by atoms with Crippen LogP contribution in [0.3, 0.4) is 0 Å². The Bertz CT molecular complexity index is 435. The van der Waals surface area contributed by atoms with Crippen LogP contribution in [0.5, 0.6) is 0 Å². The predicted molar refractivity (Wildman–Crippen MR) is 74.8 cm³/mol. The van der Waals surface area contributed by atoms with Gasteiger partial charge in [-0.15, -0.1) is 0 Å². The van der Waals surface area contributed by atoms with Crippen LogP contribution in [0.15, 0.2) is 10.7 Å². The highest BCUT2D eigenvalue weighted by atomic mass is 79.9. The van der Waals surface area contributed by atoms with E-state index in [1.165, 1.54) is 0 Å². The van der Waals surface area contributed by atoms with Gasteiger partial charge in [0.1, 0.15) is 5.69 Å². The van der Waals surface area contributed by atoms with E-state index in [0.717, 1.165) is 49.1 Å². The third-order valence-electron chi connectivity index (χ3n) is 4.03. The van der Waals surface area contributed by atoms with E-state index >= 15 is 0 Å². The number of ketones is 1. The molecule has 100 valence electrons. The number of carbonyl (C=O) groups is 1. The number of hydrogen-bond acceptors (Lipinski definition) is 3. The third kappa shape index (κ3) is 2.26. The minimum absolute atomic E-state index is 0.208. The number of Topliss-reactive ketones (excluding diaryl/α,β-unsaturated/α-hetero) is 1. The number of rotatable bonds is 4. The second-order valence-corrected chi connectivity index (χ2v) is 5.72. The molecule has 2 rings (SSSR count). The number of piperidine rings is 1. The van der Waals surface area contributed by atoms with Crippen molar-refractivity contribution in [3.8, 4) is 0 Å². The van der Waals surface area contributed by atoms with E-state index in [1.54, 1.807) is 10.9 Å². The Morgan fingerprint density at radius 1 is 1.50 bits per heavy atom. The minimum atomic E-state index is -0.208. The van der Waals surface area contributed by atoms with Gasteiger partial charge in [-0.3, -0.25) is 9.48 Å². The molecular formula is C13H20BrN3O. The fourth-order valence-corrected chi connectivity index (χ4v) is 3.20. The zero-order chi connectivity index (χ0) is 13.2. The number of carbonyl (C=O) groups excluding carboxylic acids is 1. The van der Waals surface area contributed by atoms with Crippen LogP contribution in [0.2, 0.25) is 0 Å². The molecule has 0 radical (unpaired) electrons. The maximum Gasteiger partial charge on any atom is 0.188 e. The third-order valence-corrected chi connectivity index (χ3v) is 4.61. The molecule has 0 atom stereocenters. The summed E-state index contributed by atoms with van der Waals surface area (Å²) in [5, 5.41) is 7.58. The van der Waals surface area contributed by atoms with Gasteiger partial charge in [0, 0.05) is 12.0 Å². The van der Waals surface area contributed by atoms with Gasteiger partial charge in [-0.1, -0.05) is 6.92 Å². The summed E-state index contributed by atoms with van der Waals surface area (Å²) >= 11 is 3.46. The largest absolute Gasteiger partial charge is 0.317 e. The van der Waals surface area contributed by atoms with E-state index < -0.39 is 0 Å². The summed E-state index contributed by atoms with van der Waals surface area (Å²) in [6.45, 7) is 6.71. The van der Waals surface area contributed by atoms with Crippen LogP contribution in [-0.2, 0) is 6.54 Å². The molecule has 1 aliphatic heterocycles. The molecule has 0 saturated carbocycles. The lowest BCUT2D eigenvalue weighted by Crippen LogP contribution is -2.42. The van der Waals surface area contributed by atoms with Gasteiger partial charge in [-0.2, -0.15) is 5.10 Å². The van der Waals surface area contributed by atoms with Crippen molar-refractivity contribution in [3.63, 3.8) is 0 Å². The van der Waals surface area contributed by atoms with E-state index in [-0.39, 0.29) is 11.2 Å². The summed E-state index contributed by atoms with van der Waals surface area (Å²) in [4.78, 5) is 12.9. The maximum atomic E-state index is 12.9. The molecule has 1 aliphatic rings. The summed E-state index contributed by atoms with van der Waals surface area (Å²) in [6, 6.07) is 0. The molecule has 1 N–H and O–H groups in total. The van der Waals surface area contributed by atoms with Crippen LogP contribution < -0.4 is 5.32 Å². The SMILES string of the molecule is CCn1ncc(Br)c1C(=O)C1(CC)CCNCC1. The highest BCUT2D eigenvalue weighted by Gasteiger charge is 2.40. The molecular weight excluding hydrogens is 294 g/mol. The van der Waals surface area contributed by atoms with Crippen LogP contribution in [0.1, 0.15) is 43.6 Å². The van der Waals surface area contributed by atoms with E-state index in [9.17, 15) is 4.79 Å². The summed E-state index contributed by atoms with van der Waals surface area (Å²) in [6.07, 6.45) is 4.46. The Kier molecular flexibility index (Phi) is 4.22. The molecule has 1 aromatic heterocycles. The van der Waals surface area contributed by atoms with Crippen molar-refractivity contribution in [2.45, 2.75) is 39.7 Å². The van der Waals surface area contributed by atoms with Crippen molar-refractivity contribution < 1.29 is 4.79 Å². The van der Waals surface area contributed by atoms with Crippen molar-refractivity contribution in [2.75, 3.05) is 13.1 Å². The Labute approximate surface area is 116 Å². The molecule has 0 spiro atoms. The van der Waals surface area contributed by atoms with Gasteiger partial charge in [0.05, 0.1) is 10.7 Å². The quantitative estimate of drug-likeness (QED) is 0.869. The fourth-order valence-electron chi connectivity index (χ4n) is 2.73. The maximum absolute atomic E-state index is 12.9. The molecule has 4 nitrogen and oxygen atoms in total. The normalized spacial score (nSPS) is 18.8. The van der Waals surface area contributed by atoms with Crippen molar-refractivity contribution in [1.82, 2.24) is 15.1 Å². The van der Waals surface area contributed by atoms with Gasteiger partial charge in [0.15, 0.2) is 5.78 Å². The molecule has 1 saturated heterocycles. The predicted octanol–water partition coefficient (Wildman–Crippen LogP) is 2.63. The lowest BCUT2D eigenvalue weighted by molar-refractivity contribution is 0.0704. The smallest absolute Gasteiger partial charge is 0.188 e. The Balaban J connectivity index is 2.36. The summed E-state index contributed by atoms with van der Waals surface area (Å²) in [5.74, 6) is 0.248. The highest BCUT2D eigenvalue weighted by molar-refractivity contribution is 9.10. The minimum Gasteiger partial charge on any atom is -0.317 e. The molecule has 0 amide bonds. The van der Waals surface area contributed by atoms with Crippen LogP contribution in [0.4, 0.5) is 0 Å². The molecule has 0 bridgehead atoms. The van der Waals surface area contributed by atoms with Crippen LogP contribution >= 0.6 is 15.9 Å². The molecule has 5 heteroatoms. The summed E-state index contributed by atoms with van der Waals surface area (Å²) in [7, 11) is 0. The van der Waals surface area contributed by atoms with Crippen LogP contribution in [0.25, 0.3) is 0 Å².